The van der Waals surface area contributed by atoms with Crippen molar-refractivity contribution in [3.05, 3.63) is 11.4 Å². The van der Waals surface area contributed by atoms with E-state index < -0.39 is 0 Å². The average Bonchev–Trinajstić information content (AvgIpc) is 2.08. The Labute approximate surface area is 81.7 Å². The van der Waals surface area contributed by atoms with Gasteiger partial charge in [-0.05, 0) is 13.3 Å². The van der Waals surface area contributed by atoms with Gasteiger partial charge in [-0.25, -0.2) is 9.97 Å². The van der Waals surface area contributed by atoms with Crippen LogP contribution in [-0.4, -0.2) is 15.9 Å². The van der Waals surface area contributed by atoms with E-state index in [-0.39, 0.29) is 11.8 Å². The fourth-order valence-corrected chi connectivity index (χ4v) is 1.56. The summed E-state index contributed by atoms with van der Waals surface area (Å²) in [6.07, 6.45) is 0.618. The maximum Gasteiger partial charge on any atom is 0.228 e. The number of anilines is 2. The van der Waals surface area contributed by atoms with Crippen molar-refractivity contribution in [1.29, 1.82) is 0 Å². The summed E-state index contributed by atoms with van der Waals surface area (Å²) in [5, 5.41) is 2.72. The minimum absolute atomic E-state index is 0.00463. The van der Waals surface area contributed by atoms with Crippen LogP contribution in [0.4, 0.5) is 11.6 Å². The first-order valence-electron chi connectivity index (χ1n) is 4.52. The smallest absolute Gasteiger partial charge is 0.228 e. The topological polar surface area (TPSA) is 80.9 Å². The third-order valence-corrected chi connectivity index (χ3v) is 2.35. The summed E-state index contributed by atoms with van der Waals surface area (Å²) >= 11 is 0. The molecule has 1 aromatic rings. The number of carbonyl (C=O) groups excluding carboxylic acids is 1. The van der Waals surface area contributed by atoms with Crippen LogP contribution in [0.1, 0.15) is 18.3 Å². The Morgan fingerprint density at radius 3 is 2.93 bits per heavy atom. The summed E-state index contributed by atoms with van der Waals surface area (Å²) < 4.78 is 0. The minimum Gasteiger partial charge on any atom is -0.383 e. The van der Waals surface area contributed by atoms with Crippen molar-refractivity contribution < 1.29 is 4.79 Å². The first kappa shape index (κ1) is 8.93. The van der Waals surface area contributed by atoms with E-state index >= 15 is 0 Å². The van der Waals surface area contributed by atoms with Gasteiger partial charge in [0.25, 0.3) is 0 Å². The zero-order valence-electron chi connectivity index (χ0n) is 8.16. The number of nitrogens with one attached hydrogen (secondary N) is 1. The van der Waals surface area contributed by atoms with Crippen LogP contribution in [0.3, 0.4) is 0 Å². The van der Waals surface area contributed by atoms with Crippen molar-refractivity contribution in [2.75, 3.05) is 11.1 Å². The normalized spacial score (nSPS) is 20.1. The molecule has 0 radical (unpaired) electrons. The minimum atomic E-state index is -0.0592. The molecular weight excluding hydrogens is 180 g/mol. The number of aryl methyl sites for hydroxylation is 1. The SMILES string of the molecule is Cc1nc(N)c2c(n1)NC(=O)C(C)C2. The molecule has 1 aliphatic rings. The maximum atomic E-state index is 11.4. The third-order valence-electron chi connectivity index (χ3n) is 2.35. The lowest BCUT2D eigenvalue weighted by molar-refractivity contribution is -0.119. The van der Waals surface area contributed by atoms with Gasteiger partial charge in [0, 0.05) is 11.5 Å². The van der Waals surface area contributed by atoms with Gasteiger partial charge in [0.1, 0.15) is 17.5 Å². The van der Waals surface area contributed by atoms with E-state index in [2.05, 4.69) is 15.3 Å². The number of nitrogens with two attached hydrogens (primary N) is 1. The second-order valence-electron chi connectivity index (χ2n) is 3.58. The van der Waals surface area contributed by atoms with Crippen molar-refractivity contribution in [1.82, 2.24) is 9.97 Å². The summed E-state index contributed by atoms with van der Waals surface area (Å²) in [6.45, 7) is 3.61. The molecule has 0 spiro atoms. The Morgan fingerprint density at radius 2 is 2.21 bits per heavy atom. The van der Waals surface area contributed by atoms with Crippen molar-refractivity contribution in [2.45, 2.75) is 20.3 Å². The van der Waals surface area contributed by atoms with E-state index in [1.165, 1.54) is 0 Å². The molecule has 2 heterocycles. The van der Waals surface area contributed by atoms with Gasteiger partial charge < -0.3 is 11.1 Å². The summed E-state index contributed by atoms with van der Waals surface area (Å²) in [6, 6.07) is 0. The fraction of sp³-hybridized carbons (Fsp3) is 0.444. The highest BCUT2D eigenvalue weighted by molar-refractivity contribution is 5.95. The van der Waals surface area contributed by atoms with Gasteiger partial charge in [-0.1, -0.05) is 6.92 Å². The molecule has 14 heavy (non-hydrogen) atoms. The Morgan fingerprint density at radius 1 is 1.50 bits per heavy atom. The Bertz CT molecular complexity index is 402. The molecule has 0 fully saturated rings. The molecule has 5 nitrogen and oxygen atoms in total. The van der Waals surface area contributed by atoms with Gasteiger partial charge >= 0.3 is 0 Å². The Kier molecular flexibility index (Phi) is 1.87. The van der Waals surface area contributed by atoms with Gasteiger partial charge in [-0.15, -0.1) is 0 Å². The molecule has 1 amide bonds. The third kappa shape index (κ3) is 1.30. The molecule has 1 unspecified atom stereocenters. The molecule has 0 aliphatic carbocycles. The molecule has 2 rings (SSSR count). The quantitative estimate of drug-likeness (QED) is 0.627. The standard InChI is InChI=1S/C9H12N4O/c1-4-3-6-7(10)11-5(2)12-8(6)13-9(4)14/h4H,3H2,1-2H3,(H3,10,11,12,13,14). The molecule has 74 valence electrons. The van der Waals surface area contributed by atoms with Crippen molar-refractivity contribution in [2.24, 2.45) is 5.92 Å². The van der Waals surface area contributed by atoms with E-state index in [4.69, 9.17) is 5.73 Å². The van der Waals surface area contributed by atoms with Crippen LogP contribution >= 0.6 is 0 Å². The number of rotatable bonds is 0. The van der Waals surface area contributed by atoms with E-state index in [9.17, 15) is 4.79 Å². The summed E-state index contributed by atoms with van der Waals surface area (Å²) in [7, 11) is 0. The van der Waals surface area contributed by atoms with E-state index in [1.54, 1.807) is 6.92 Å². The van der Waals surface area contributed by atoms with Crippen LogP contribution in [0, 0.1) is 12.8 Å². The number of nitrogens with zero attached hydrogens (tertiary/aromatic N) is 2. The van der Waals surface area contributed by atoms with Gasteiger partial charge in [-0.2, -0.15) is 0 Å². The van der Waals surface area contributed by atoms with E-state index in [0.717, 1.165) is 5.56 Å². The van der Waals surface area contributed by atoms with Gasteiger partial charge in [0.2, 0.25) is 5.91 Å². The number of hydrogen-bond donors (Lipinski definition) is 2. The molecule has 3 N–H and O–H groups in total. The zero-order valence-corrected chi connectivity index (χ0v) is 8.16. The highest BCUT2D eigenvalue weighted by Gasteiger charge is 2.25. The summed E-state index contributed by atoms with van der Waals surface area (Å²) in [5.41, 5.74) is 6.60. The number of fused-ring (bicyclic) bond motifs is 1. The number of carbonyl (C=O) groups is 1. The fourth-order valence-electron chi connectivity index (χ4n) is 1.56. The van der Waals surface area contributed by atoms with Crippen LogP contribution in [0.15, 0.2) is 0 Å². The second-order valence-corrected chi connectivity index (χ2v) is 3.58. The van der Waals surface area contributed by atoms with Crippen LogP contribution in [0.5, 0.6) is 0 Å². The maximum absolute atomic E-state index is 11.4. The lowest BCUT2D eigenvalue weighted by Gasteiger charge is -2.21. The Hall–Kier alpha value is -1.65. The first-order valence-corrected chi connectivity index (χ1v) is 4.52. The van der Waals surface area contributed by atoms with Crippen LogP contribution in [0.2, 0.25) is 0 Å². The molecule has 0 saturated carbocycles. The van der Waals surface area contributed by atoms with Crippen LogP contribution in [-0.2, 0) is 11.2 Å². The monoisotopic (exact) mass is 192 g/mol. The van der Waals surface area contributed by atoms with E-state index in [1.807, 2.05) is 6.92 Å². The van der Waals surface area contributed by atoms with Crippen molar-refractivity contribution in [3.63, 3.8) is 0 Å². The average molecular weight is 192 g/mol. The molecule has 0 aromatic carbocycles. The number of aromatic nitrogens is 2. The zero-order chi connectivity index (χ0) is 10.3. The van der Waals surface area contributed by atoms with Crippen molar-refractivity contribution >= 4 is 17.5 Å². The van der Waals surface area contributed by atoms with Crippen LogP contribution < -0.4 is 11.1 Å². The lowest BCUT2D eigenvalue weighted by atomic mass is 9.97. The highest BCUT2D eigenvalue weighted by Crippen LogP contribution is 2.26. The summed E-state index contributed by atoms with van der Waals surface area (Å²) in [4.78, 5) is 19.6. The van der Waals surface area contributed by atoms with Gasteiger partial charge in [-0.3, -0.25) is 4.79 Å². The predicted molar refractivity (Wildman–Crippen MR) is 52.7 cm³/mol. The number of nitrogen functional groups attached to an aromatic ring is 1. The molecular formula is C9H12N4O. The van der Waals surface area contributed by atoms with Gasteiger partial charge in [0.15, 0.2) is 0 Å². The van der Waals surface area contributed by atoms with Crippen molar-refractivity contribution in [3.8, 4) is 0 Å². The number of amides is 1. The summed E-state index contributed by atoms with van der Waals surface area (Å²) in [5.74, 6) is 1.56. The molecule has 0 bridgehead atoms. The molecule has 0 saturated heterocycles. The first-order chi connectivity index (χ1) is 6.58. The van der Waals surface area contributed by atoms with Gasteiger partial charge in [0.05, 0.1) is 0 Å². The second kappa shape index (κ2) is 2.94. The molecule has 1 aromatic heterocycles. The predicted octanol–water partition coefficient (Wildman–Crippen LogP) is 0.498. The lowest BCUT2D eigenvalue weighted by Crippen LogP contribution is -2.29. The molecule has 1 atom stereocenters. The van der Waals surface area contributed by atoms with Crippen LogP contribution in [0.25, 0.3) is 0 Å². The number of hydrogen-bond acceptors (Lipinski definition) is 4. The largest absolute Gasteiger partial charge is 0.383 e. The highest BCUT2D eigenvalue weighted by atomic mass is 16.2. The molecule has 5 heteroatoms. The molecule has 1 aliphatic heterocycles. The Balaban J connectivity index is 2.51. The van der Waals surface area contributed by atoms with E-state index in [0.29, 0.717) is 23.9 Å².